The van der Waals surface area contributed by atoms with Crippen molar-refractivity contribution >= 4 is 40.7 Å². The fourth-order valence-electron chi connectivity index (χ4n) is 3.80. The Morgan fingerprint density at radius 2 is 2.00 bits per heavy atom. The van der Waals surface area contributed by atoms with Gasteiger partial charge in [-0.2, -0.15) is 0 Å². The maximum Gasteiger partial charge on any atom is 0.348 e. The molecule has 0 bridgehead atoms. The number of methoxy groups -OCH3 is 1. The van der Waals surface area contributed by atoms with E-state index in [0.29, 0.717) is 21.9 Å². The molecular formula is C21H23ClF2O3S2. The first kappa shape index (κ1) is 22.5. The van der Waals surface area contributed by atoms with Gasteiger partial charge in [0.05, 0.1) is 13.2 Å². The summed E-state index contributed by atoms with van der Waals surface area (Å²) in [6.45, 7) is 0. The van der Waals surface area contributed by atoms with Crippen molar-refractivity contribution in [1.82, 2.24) is 0 Å². The minimum atomic E-state index is -0.603. The van der Waals surface area contributed by atoms with Crippen molar-refractivity contribution in [2.45, 2.75) is 42.1 Å². The Morgan fingerprint density at radius 1 is 1.28 bits per heavy atom. The summed E-state index contributed by atoms with van der Waals surface area (Å²) in [5.74, 6) is -0.863. The molecule has 0 aliphatic heterocycles. The molecule has 158 valence electrons. The Labute approximate surface area is 182 Å². The number of carbonyl (C=O) groups excluding carboxylic acids is 1. The summed E-state index contributed by atoms with van der Waals surface area (Å²) in [5.41, 5.74) is 0. The first-order chi connectivity index (χ1) is 13.9. The molecule has 0 amide bonds. The third-order valence-corrected chi connectivity index (χ3v) is 8.01. The molecule has 1 heterocycles. The average molecular weight is 461 g/mol. The van der Waals surface area contributed by atoms with Crippen LogP contribution < -0.4 is 0 Å². The van der Waals surface area contributed by atoms with Crippen LogP contribution in [0, 0.1) is 23.5 Å². The lowest BCUT2D eigenvalue weighted by molar-refractivity contribution is 0.0606. The van der Waals surface area contributed by atoms with Gasteiger partial charge in [0.25, 0.3) is 0 Å². The molecule has 2 aromatic rings. The first-order valence-electron chi connectivity index (χ1n) is 9.45. The zero-order chi connectivity index (χ0) is 21.0. The van der Waals surface area contributed by atoms with Crippen molar-refractivity contribution in [1.29, 1.82) is 0 Å². The fraction of sp³-hybridized carbons (Fsp3) is 0.476. The molecule has 29 heavy (non-hydrogen) atoms. The van der Waals surface area contributed by atoms with Gasteiger partial charge in [-0.3, -0.25) is 0 Å². The summed E-state index contributed by atoms with van der Waals surface area (Å²) in [6.07, 6.45) is 2.57. The summed E-state index contributed by atoms with van der Waals surface area (Å²) < 4.78 is 31.5. The van der Waals surface area contributed by atoms with Crippen LogP contribution in [0.3, 0.4) is 0 Å². The summed E-state index contributed by atoms with van der Waals surface area (Å²) >= 11 is 9.27. The molecule has 4 atom stereocenters. The molecular weight excluding hydrogens is 438 g/mol. The summed E-state index contributed by atoms with van der Waals surface area (Å²) in [6, 6.07) is 7.16. The summed E-state index contributed by atoms with van der Waals surface area (Å²) in [7, 11) is 1.37. The Morgan fingerprint density at radius 3 is 2.69 bits per heavy atom. The van der Waals surface area contributed by atoms with Crippen molar-refractivity contribution < 1.29 is 23.4 Å². The van der Waals surface area contributed by atoms with Gasteiger partial charge in [-0.1, -0.05) is 0 Å². The molecule has 1 saturated carbocycles. The summed E-state index contributed by atoms with van der Waals surface area (Å²) in [5, 5.41) is 10.3. The van der Waals surface area contributed by atoms with Crippen molar-refractivity contribution in [2.24, 2.45) is 11.8 Å². The lowest BCUT2D eigenvalue weighted by Gasteiger charge is -2.23. The second kappa shape index (κ2) is 10.2. The number of thiophene rings is 1. The smallest absolute Gasteiger partial charge is 0.348 e. The number of aryl methyl sites for hydroxylation is 1. The predicted molar refractivity (Wildman–Crippen MR) is 113 cm³/mol. The number of thioether (sulfide) groups is 1. The highest BCUT2D eigenvalue weighted by Crippen LogP contribution is 2.42. The van der Waals surface area contributed by atoms with Gasteiger partial charge in [-0.25, -0.2) is 13.6 Å². The van der Waals surface area contributed by atoms with Crippen LogP contribution in [0.4, 0.5) is 8.78 Å². The molecule has 8 heteroatoms. The lowest BCUT2D eigenvalue weighted by Crippen LogP contribution is -2.23. The van der Waals surface area contributed by atoms with E-state index < -0.39 is 17.7 Å². The number of hydrogen-bond acceptors (Lipinski definition) is 5. The number of esters is 1. The minimum absolute atomic E-state index is 0.0252. The molecule has 3 nitrogen and oxygen atoms in total. The van der Waals surface area contributed by atoms with Crippen molar-refractivity contribution in [3.63, 3.8) is 0 Å². The van der Waals surface area contributed by atoms with Crippen molar-refractivity contribution in [3.05, 3.63) is 51.7 Å². The van der Waals surface area contributed by atoms with E-state index in [0.717, 1.165) is 30.2 Å². The van der Waals surface area contributed by atoms with Gasteiger partial charge in [-0.05, 0) is 61.8 Å². The fourth-order valence-corrected chi connectivity index (χ4v) is 6.51. The van der Waals surface area contributed by atoms with Crippen LogP contribution in [0.25, 0.3) is 0 Å². The van der Waals surface area contributed by atoms with Gasteiger partial charge in [-0.15, -0.1) is 34.7 Å². The first-order valence-corrected chi connectivity index (χ1v) is 11.7. The van der Waals surface area contributed by atoms with Crippen LogP contribution in [-0.4, -0.2) is 35.4 Å². The molecule has 1 aromatic heterocycles. The second-order valence-electron chi connectivity index (χ2n) is 7.21. The van der Waals surface area contributed by atoms with E-state index >= 15 is 0 Å². The van der Waals surface area contributed by atoms with Gasteiger partial charge in [0.15, 0.2) is 0 Å². The third kappa shape index (κ3) is 5.94. The molecule has 1 aliphatic rings. The Kier molecular flexibility index (Phi) is 7.96. The number of alkyl halides is 1. The quantitative estimate of drug-likeness (QED) is 0.319. The van der Waals surface area contributed by atoms with Crippen LogP contribution in [-0.2, 0) is 11.2 Å². The molecule has 1 fully saturated rings. The molecule has 0 saturated heterocycles. The lowest BCUT2D eigenvalue weighted by atomic mass is 9.91. The largest absolute Gasteiger partial charge is 0.465 e. The zero-order valence-electron chi connectivity index (χ0n) is 15.9. The number of hydrogen-bond donors (Lipinski definition) is 1. The maximum atomic E-state index is 13.4. The van der Waals surface area contributed by atoms with Gasteiger partial charge in [0.1, 0.15) is 16.5 Å². The highest BCUT2D eigenvalue weighted by atomic mass is 35.5. The van der Waals surface area contributed by atoms with Crippen LogP contribution in [0.1, 0.15) is 33.8 Å². The highest BCUT2D eigenvalue weighted by molar-refractivity contribution is 7.99. The van der Waals surface area contributed by atoms with Crippen molar-refractivity contribution in [3.8, 4) is 0 Å². The number of halogens is 3. The molecule has 1 aliphatic carbocycles. The van der Waals surface area contributed by atoms with E-state index in [2.05, 4.69) is 0 Å². The normalized spacial score (nSPS) is 24.0. The minimum Gasteiger partial charge on any atom is -0.465 e. The number of aliphatic hydroxyl groups excluding tert-OH is 1. The van der Waals surface area contributed by atoms with Gasteiger partial charge >= 0.3 is 5.97 Å². The van der Waals surface area contributed by atoms with E-state index in [1.165, 1.54) is 42.3 Å². The van der Waals surface area contributed by atoms with Gasteiger partial charge in [0.2, 0.25) is 0 Å². The molecule has 0 radical (unpaired) electrons. The predicted octanol–water partition coefficient (Wildman–Crippen LogP) is 5.53. The van der Waals surface area contributed by atoms with E-state index in [1.54, 1.807) is 6.07 Å². The highest BCUT2D eigenvalue weighted by Gasteiger charge is 2.40. The molecule has 1 aromatic carbocycles. The van der Waals surface area contributed by atoms with Crippen LogP contribution in [0.15, 0.2) is 35.2 Å². The number of benzene rings is 1. The van der Waals surface area contributed by atoms with Crippen molar-refractivity contribution in [2.75, 3.05) is 12.9 Å². The molecule has 3 rings (SSSR count). The SMILES string of the molecule is COC(=O)c1ccc(CCC[C@@H]2[C@@H](CSc3cc(F)cc(F)c3)[C@H](O)C[C@H]2Cl)s1. The number of aliphatic hydroxyl groups is 1. The topological polar surface area (TPSA) is 46.5 Å². The summed E-state index contributed by atoms with van der Waals surface area (Å²) in [4.78, 5) is 13.8. The van der Waals surface area contributed by atoms with E-state index in [9.17, 15) is 18.7 Å². The zero-order valence-corrected chi connectivity index (χ0v) is 18.3. The van der Waals surface area contributed by atoms with E-state index in [-0.39, 0.29) is 23.2 Å². The molecule has 0 unspecified atom stereocenters. The number of carbonyl (C=O) groups is 1. The Hall–Kier alpha value is -1.15. The van der Waals surface area contributed by atoms with Crippen LogP contribution in [0.2, 0.25) is 0 Å². The number of rotatable bonds is 8. The van der Waals surface area contributed by atoms with E-state index in [1.807, 2.05) is 6.07 Å². The maximum absolute atomic E-state index is 13.4. The third-order valence-electron chi connectivity index (χ3n) is 5.26. The standard InChI is InChI=1S/C21H23ClF2O3S2/c1-27-21(26)20-6-5-14(29-20)3-2-4-16-17(19(25)10-18(16)22)11-28-15-8-12(23)7-13(24)9-15/h5-9,16-19,25H,2-4,10-11H2,1H3/t16-,17-,18-,19-/m1/s1. The van der Waals surface area contributed by atoms with E-state index in [4.69, 9.17) is 16.3 Å². The second-order valence-corrected chi connectivity index (χ2v) is 10.0. The average Bonchev–Trinajstić information content (AvgIpc) is 3.23. The molecule has 0 spiro atoms. The van der Waals surface area contributed by atoms with Gasteiger partial charge in [0, 0.05) is 27.0 Å². The van der Waals surface area contributed by atoms with Gasteiger partial charge < -0.3 is 9.84 Å². The number of ether oxygens (including phenoxy) is 1. The van der Waals surface area contributed by atoms with Crippen LogP contribution in [0.5, 0.6) is 0 Å². The Balaban J connectivity index is 1.55. The monoisotopic (exact) mass is 460 g/mol. The van der Waals surface area contributed by atoms with Crippen LogP contribution >= 0.6 is 34.7 Å². The Bertz CT molecular complexity index is 825. The molecule has 1 N–H and O–H groups in total.